The number of hydrogen-bond donors (Lipinski definition) is 2. The van der Waals surface area contributed by atoms with Crippen LogP contribution < -0.4 is 5.73 Å². The molecule has 0 aromatic heterocycles. The average Bonchev–Trinajstić information content (AvgIpc) is 2.38. The van der Waals surface area contributed by atoms with E-state index in [2.05, 4.69) is 0 Å². The summed E-state index contributed by atoms with van der Waals surface area (Å²) in [6.07, 6.45) is -0.550. The van der Waals surface area contributed by atoms with Crippen LogP contribution in [-0.2, 0) is 14.3 Å². The van der Waals surface area contributed by atoms with Crippen molar-refractivity contribution >= 4 is 75.5 Å². The number of ether oxygens (including phenoxy) is 2. The summed E-state index contributed by atoms with van der Waals surface area (Å²) in [4.78, 5) is 11.4. The van der Waals surface area contributed by atoms with Crippen LogP contribution >= 0.6 is 69.6 Å². The van der Waals surface area contributed by atoms with Crippen molar-refractivity contribution in [1.29, 1.82) is 0 Å². The van der Waals surface area contributed by atoms with Gasteiger partial charge in [-0.15, -0.1) is 0 Å². The molecule has 1 amide bonds. The minimum absolute atomic E-state index is 0.173. The van der Waals surface area contributed by atoms with Crippen LogP contribution in [0, 0.1) is 0 Å². The minimum Gasteiger partial charge on any atom is -0.392 e. The molecule has 0 unspecified atom stereocenters. The molecule has 0 radical (unpaired) electrons. The Bertz CT molecular complexity index is 401. The van der Waals surface area contributed by atoms with E-state index < -0.39 is 19.8 Å². The maximum absolute atomic E-state index is 11.4. The summed E-state index contributed by atoms with van der Waals surface area (Å²) in [7, 11) is 0. The van der Waals surface area contributed by atoms with Gasteiger partial charge in [0.1, 0.15) is 0 Å². The quantitative estimate of drug-likeness (QED) is 0.318. The Labute approximate surface area is 164 Å². The first kappa shape index (κ1) is 23.8. The van der Waals surface area contributed by atoms with E-state index >= 15 is 0 Å². The van der Waals surface area contributed by atoms with Gasteiger partial charge in [-0.25, -0.2) is 0 Å². The molecule has 0 aromatic carbocycles. The summed E-state index contributed by atoms with van der Waals surface area (Å²) in [6, 6.07) is 0. The maximum Gasteiger partial charge on any atom is 0.244 e. The summed E-state index contributed by atoms with van der Waals surface area (Å²) < 4.78 is 7.33. The highest BCUT2D eigenvalue weighted by Gasteiger charge is 2.26. The highest BCUT2D eigenvalue weighted by molar-refractivity contribution is 6.68. The number of halogens is 6. The molecule has 11 heteroatoms. The number of nitrogens with two attached hydrogens (primary N) is 1. The van der Waals surface area contributed by atoms with E-state index in [4.69, 9.17) is 89.9 Å². The van der Waals surface area contributed by atoms with E-state index in [1.54, 1.807) is 6.92 Å². The molecule has 0 heterocycles. The van der Waals surface area contributed by atoms with E-state index in [0.717, 1.165) is 0 Å². The predicted molar refractivity (Wildman–Crippen MR) is 94.5 cm³/mol. The molecule has 3 N–H and O–H groups in total. The molecular weight excluding hydrogens is 435 g/mol. The third kappa shape index (κ3) is 12.8. The molecule has 0 saturated heterocycles. The summed E-state index contributed by atoms with van der Waals surface area (Å²) in [5, 5.41) is 9.11. The lowest BCUT2D eigenvalue weighted by molar-refractivity contribution is -0.143. The number of alkyl halides is 6. The molecule has 0 aliphatic carbocycles. The van der Waals surface area contributed by atoms with Crippen LogP contribution in [0.4, 0.5) is 0 Å². The van der Waals surface area contributed by atoms with Gasteiger partial charge in [0, 0.05) is 12.0 Å². The summed E-state index contributed by atoms with van der Waals surface area (Å²) in [5.41, 5.74) is 5.97. The van der Waals surface area contributed by atoms with Gasteiger partial charge in [-0.1, -0.05) is 69.6 Å². The predicted octanol–water partition coefficient (Wildman–Crippen LogP) is 3.66. The third-order valence-electron chi connectivity index (χ3n) is 2.55. The number of carbonyl (C=O) groups excluding carboxylic acids is 1. The van der Waals surface area contributed by atoms with E-state index in [1.165, 1.54) is 0 Å². The molecule has 0 aromatic rings. The summed E-state index contributed by atoms with van der Waals surface area (Å²) in [5.74, 6) is -0.655. The monoisotopic (exact) mass is 449 g/mol. The molecule has 0 bridgehead atoms. The van der Waals surface area contributed by atoms with Crippen molar-refractivity contribution in [2.45, 2.75) is 33.6 Å². The van der Waals surface area contributed by atoms with Gasteiger partial charge in [-0.2, -0.15) is 0 Å². The van der Waals surface area contributed by atoms with Crippen molar-refractivity contribution in [1.82, 2.24) is 0 Å². The normalized spacial score (nSPS) is 14.1. The average molecular weight is 452 g/mol. The van der Waals surface area contributed by atoms with Crippen molar-refractivity contribution in [2.75, 3.05) is 19.8 Å². The van der Waals surface area contributed by atoms with Gasteiger partial charge in [0.15, 0.2) is 6.29 Å². The lowest BCUT2D eigenvalue weighted by Gasteiger charge is -2.23. The molecule has 136 valence electrons. The van der Waals surface area contributed by atoms with Gasteiger partial charge in [-0.05, 0) is 18.9 Å². The molecule has 0 saturated carbocycles. The fourth-order valence-electron chi connectivity index (χ4n) is 1.49. The van der Waals surface area contributed by atoms with Crippen molar-refractivity contribution in [3.8, 4) is 0 Å². The van der Waals surface area contributed by atoms with E-state index in [0.29, 0.717) is 5.57 Å². The zero-order valence-corrected chi connectivity index (χ0v) is 16.7. The summed E-state index contributed by atoms with van der Waals surface area (Å²) >= 11 is 33.7. The summed E-state index contributed by atoms with van der Waals surface area (Å²) in [6.45, 7) is 0.750. The lowest BCUT2D eigenvalue weighted by Crippen LogP contribution is -2.28. The Morgan fingerprint density at radius 2 is 1.52 bits per heavy atom. The number of primary amides is 1. The smallest absolute Gasteiger partial charge is 0.244 e. The SMILES string of the molecule is CC(CO)=C(CCC(OCC(Cl)(Cl)Cl)OCC(Cl)(Cl)Cl)C(N)=O. The Balaban J connectivity index is 4.82. The highest BCUT2D eigenvalue weighted by Crippen LogP contribution is 2.29. The molecule has 0 aliphatic heterocycles. The van der Waals surface area contributed by atoms with Crippen molar-refractivity contribution < 1.29 is 19.4 Å². The lowest BCUT2D eigenvalue weighted by atomic mass is 10.0. The zero-order valence-electron chi connectivity index (χ0n) is 12.1. The van der Waals surface area contributed by atoms with Gasteiger partial charge in [0.25, 0.3) is 0 Å². The van der Waals surface area contributed by atoms with Gasteiger partial charge in [0.2, 0.25) is 13.5 Å². The number of rotatable bonds is 9. The molecular formula is C12H17Cl6NO4. The van der Waals surface area contributed by atoms with Crippen molar-refractivity contribution in [2.24, 2.45) is 5.73 Å². The van der Waals surface area contributed by atoms with E-state index in [9.17, 15) is 4.79 Å². The number of aliphatic hydroxyl groups is 1. The number of carbonyl (C=O) groups is 1. The van der Waals surface area contributed by atoms with Crippen molar-refractivity contribution in [3.63, 3.8) is 0 Å². The standard InChI is InChI=1S/C12H17Cl6NO4/c1-7(4-20)8(10(19)21)2-3-9(22-5-11(13,14)15)23-6-12(16,17)18/h9,20H,2-6H2,1H3,(H2,19,21). The maximum atomic E-state index is 11.4. The molecule has 0 fully saturated rings. The number of amides is 1. The van der Waals surface area contributed by atoms with E-state index in [1.807, 2.05) is 0 Å². The number of hydrogen-bond acceptors (Lipinski definition) is 4. The Hall–Kier alpha value is 0.830. The van der Waals surface area contributed by atoms with Crippen LogP contribution in [0.2, 0.25) is 0 Å². The second kappa shape index (κ2) is 10.7. The molecule has 0 aliphatic rings. The van der Waals surface area contributed by atoms with E-state index in [-0.39, 0.29) is 38.2 Å². The van der Waals surface area contributed by atoms with Crippen LogP contribution in [0.5, 0.6) is 0 Å². The second-order valence-electron chi connectivity index (χ2n) is 4.60. The van der Waals surface area contributed by atoms with Crippen LogP contribution in [0.15, 0.2) is 11.1 Å². The zero-order chi connectivity index (χ0) is 18.3. The fourth-order valence-corrected chi connectivity index (χ4v) is 1.87. The topological polar surface area (TPSA) is 81.8 Å². The van der Waals surface area contributed by atoms with Crippen LogP contribution in [-0.4, -0.2) is 44.7 Å². The van der Waals surface area contributed by atoms with Gasteiger partial charge >= 0.3 is 0 Å². The first-order valence-electron chi connectivity index (χ1n) is 6.31. The molecule has 0 rings (SSSR count). The molecule has 23 heavy (non-hydrogen) atoms. The Morgan fingerprint density at radius 3 is 1.83 bits per heavy atom. The molecule has 5 nitrogen and oxygen atoms in total. The largest absolute Gasteiger partial charge is 0.392 e. The van der Waals surface area contributed by atoms with Gasteiger partial charge in [-0.3, -0.25) is 4.79 Å². The Morgan fingerprint density at radius 1 is 1.09 bits per heavy atom. The molecule has 0 spiro atoms. The van der Waals surface area contributed by atoms with Crippen LogP contribution in [0.3, 0.4) is 0 Å². The first-order chi connectivity index (χ1) is 10.4. The highest BCUT2D eigenvalue weighted by atomic mass is 35.6. The third-order valence-corrected chi connectivity index (χ3v) is 3.20. The second-order valence-corrected chi connectivity index (χ2v) is 9.63. The Kier molecular flexibility index (Phi) is 11.1. The van der Waals surface area contributed by atoms with Gasteiger partial charge in [0.05, 0.1) is 19.8 Å². The van der Waals surface area contributed by atoms with Crippen LogP contribution in [0.25, 0.3) is 0 Å². The number of aliphatic hydroxyl groups excluding tert-OH is 1. The van der Waals surface area contributed by atoms with Gasteiger partial charge < -0.3 is 20.3 Å². The van der Waals surface area contributed by atoms with Crippen molar-refractivity contribution in [3.05, 3.63) is 11.1 Å². The van der Waals surface area contributed by atoms with Crippen LogP contribution in [0.1, 0.15) is 19.8 Å². The fraction of sp³-hybridized carbons (Fsp3) is 0.750. The molecule has 0 atom stereocenters. The first-order valence-corrected chi connectivity index (χ1v) is 8.58. The minimum atomic E-state index is -1.65.